The molecule has 0 unspecified atom stereocenters. The molecule has 0 aromatic heterocycles. The summed E-state index contributed by atoms with van der Waals surface area (Å²) in [6.45, 7) is 11.3. The summed E-state index contributed by atoms with van der Waals surface area (Å²) in [5, 5.41) is 3.46. The van der Waals surface area contributed by atoms with Crippen molar-refractivity contribution in [3.05, 3.63) is 35.4 Å². The second-order valence-corrected chi connectivity index (χ2v) is 6.64. The van der Waals surface area contributed by atoms with Crippen LogP contribution in [0.2, 0.25) is 0 Å². The summed E-state index contributed by atoms with van der Waals surface area (Å²) in [5.41, 5.74) is 2.78. The summed E-state index contributed by atoms with van der Waals surface area (Å²) in [4.78, 5) is 5.01. The Bertz CT molecular complexity index is 393. The average Bonchev–Trinajstić information content (AvgIpc) is 2.98. The van der Waals surface area contributed by atoms with Gasteiger partial charge in [0.25, 0.3) is 0 Å². The average molecular weight is 289 g/mol. The molecule has 1 aromatic rings. The van der Waals surface area contributed by atoms with Crippen molar-refractivity contribution >= 4 is 0 Å². The zero-order chi connectivity index (χ0) is 15.1. The molecule has 0 bridgehead atoms. The van der Waals surface area contributed by atoms with E-state index in [1.165, 1.54) is 43.6 Å². The minimum atomic E-state index is 0.543. The van der Waals surface area contributed by atoms with Crippen LogP contribution in [0, 0.1) is 0 Å². The van der Waals surface area contributed by atoms with E-state index in [2.05, 4.69) is 60.3 Å². The third-order valence-electron chi connectivity index (χ3n) is 4.19. The van der Waals surface area contributed by atoms with Crippen molar-refractivity contribution in [1.29, 1.82) is 0 Å². The molecule has 0 spiro atoms. The first-order valence-corrected chi connectivity index (χ1v) is 8.35. The Morgan fingerprint density at radius 1 is 1.10 bits per heavy atom. The van der Waals surface area contributed by atoms with Crippen LogP contribution in [0.25, 0.3) is 0 Å². The summed E-state index contributed by atoms with van der Waals surface area (Å²) in [5.74, 6) is 0. The first-order valence-electron chi connectivity index (χ1n) is 8.35. The van der Waals surface area contributed by atoms with Crippen molar-refractivity contribution in [3.8, 4) is 0 Å². The maximum absolute atomic E-state index is 3.46. The van der Waals surface area contributed by atoms with Gasteiger partial charge in [-0.3, -0.25) is 0 Å². The van der Waals surface area contributed by atoms with E-state index in [4.69, 9.17) is 0 Å². The standard InChI is InChI=1S/C18H31N3/c1-16(2)19-14-17-6-8-18(9-7-17)15-20(3)12-13-21-10-4-5-11-21/h6-9,16,19H,4-5,10-15H2,1-3H3. The molecule has 1 aliphatic heterocycles. The van der Waals surface area contributed by atoms with E-state index >= 15 is 0 Å². The van der Waals surface area contributed by atoms with Crippen LogP contribution in [0.3, 0.4) is 0 Å². The number of likely N-dealkylation sites (tertiary alicyclic amines) is 1. The minimum absolute atomic E-state index is 0.543. The van der Waals surface area contributed by atoms with Gasteiger partial charge in [0, 0.05) is 32.2 Å². The van der Waals surface area contributed by atoms with Crippen LogP contribution < -0.4 is 5.32 Å². The Morgan fingerprint density at radius 3 is 2.33 bits per heavy atom. The third-order valence-corrected chi connectivity index (χ3v) is 4.19. The van der Waals surface area contributed by atoms with Crippen LogP contribution in [0.15, 0.2) is 24.3 Å². The van der Waals surface area contributed by atoms with Gasteiger partial charge < -0.3 is 15.1 Å². The fourth-order valence-electron chi connectivity index (χ4n) is 2.79. The molecule has 0 amide bonds. The number of hydrogen-bond donors (Lipinski definition) is 1. The van der Waals surface area contributed by atoms with Crippen molar-refractivity contribution in [2.45, 2.75) is 45.8 Å². The largest absolute Gasteiger partial charge is 0.310 e. The summed E-state index contributed by atoms with van der Waals surface area (Å²) in [7, 11) is 2.23. The van der Waals surface area contributed by atoms with Crippen LogP contribution in [0.4, 0.5) is 0 Å². The second-order valence-electron chi connectivity index (χ2n) is 6.64. The first-order chi connectivity index (χ1) is 10.1. The second kappa shape index (κ2) is 8.52. The van der Waals surface area contributed by atoms with Crippen molar-refractivity contribution in [2.75, 3.05) is 33.2 Å². The Morgan fingerprint density at radius 2 is 1.71 bits per heavy atom. The lowest BCUT2D eigenvalue weighted by atomic mass is 10.1. The molecule has 1 aliphatic rings. The highest BCUT2D eigenvalue weighted by Crippen LogP contribution is 2.09. The maximum Gasteiger partial charge on any atom is 0.0231 e. The normalized spacial score (nSPS) is 16.2. The van der Waals surface area contributed by atoms with Crippen molar-refractivity contribution < 1.29 is 0 Å². The summed E-state index contributed by atoms with van der Waals surface area (Å²) >= 11 is 0. The summed E-state index contributed by atoms with van der Waals surface area (Å²) in [6.07, 6.45) is 2.77. The van der Waals surface area contributed by atoms with E-state index < -0.39 is 0 Å². The maximum atomic E-state index is 3.46. The van der Waals surface area contributed by atoms with Crippen molar-refractivity contribution in [1.82, 2.24) is 15.1 Å². The smallest absolute Gasteiger partial charge is 0.0231 e. The van der Waals surface area contributed by atoms with E-state index in [0.29, 0.717) is 6.04 Å². The van der Waals surface area contributed by atoms with Gasteiger partial charge in [-0.2, -0.15) is 0 Å². The van der Waals surface area contributed by atoms with Gasteiger partial charge in [0.15, 0.2) is 0 Å². The van der Waals surface area contributed by atoms with Gasteiger partial charge in [-0.1, -0.05) is 38.1 Å². The van der Waals surface area contributed by atoms with Crippen LogP contribution in [0.5, 0.6) is 0 Å². The van der Waals surface area contributed by atoms with Gasteiger partial charge in [-0.05, 0) is 44.1 Å². The number of rotatable bonds is 8. The molecule has 1 aromatic carbocycles. The molecule has 0 saturated carbocycles. The fourth-order valence-corrected chi connectivity index (χ4v) is 2.79. The molecule has 2 rings (SSSR count). The van der Waals surface area contributed by atoms with Crippen LogP contribution in [0.1, 0.15) is 37.8 Å². The molecular formula is C18H31N3. The van der Waals surface area contributed by atoms with Crippen LogP contribution in [-0.4, -0.2) is 49.1 Å². The number of likely N-dealkylation sites (N-methyl/N-ethyl adjacent to an activating group) is 1. The lowest BCUT2D eigenvalue weighted by Crippen LogP contribution is -2.31. The van der Waals surface area contributed by atoms with Gasteiger partial charge in [0.1, 0.15) is 0 Å². The number of hydrogen-bond acceptors (Lipinski definition) is 3. The molecule has 0 radical (unpaired) electrons. The van der Waals surface area contributed by atoms with Crippen molar-refractivity contribution in [2.24, 2.45) is 0 Å². The van der Waals surface area contributed by atoms with E-state index in [1.54, 1.807) is 0 Å². The van der Waals surface area contributed by atoms with Gasteiger partial charge in [0.05, 0.1) is 0 Å². The molecular weight excluding hydrogens is 258 g/mol. The SMILES string of the molecule is CC(C)NCc1ccc(CN(C)CCN2CCCC2)cc1. The zero-order valence-electron chi connectivity index (χ0n) is 13.9. The topological polar surface area (TPSA) is 18.5 Å². The lowest BCUT2D eigenvalue weighted by molar-refractivity contribution is 0.252. The van der Waals surface area contributed by atoms with E-state index in [-0.39, 0.29) is 0 Å². The minimum Gasteiger partial charge on any atom is -0.310 e. The van der Waals surface area contributed by atoms with Gasteiger partial charge >= 0.3 is 0 Å². The van der Waals surface area contributed by atoms with Crippen molar-refractivity contribution in [3.63, 3.8) is 0 Å². The lowest BCUT2D eigenvalue weighted by Gasteiger charge is -2.21. The van der Waals surface area contributed by atoms with E-state index in [0.717, 1.165) is 19.6 Å². The highest BCUT2D eigenvalue weighted by molar-refractivity contribution is 5.22. The van der Waals surface area contributed by atoms with E-state index in [1.807, 2.05) is 0 Å². The fraction of sp³-hybridized carbons (Fsp3) is 0.667. The molecule has 1 N–H and O–H groups in total. The zero-order valence-corrected chi connectivity index (χ0v) is 13.9. The van der Waals surface area contributed by atoms with Gasteiger partial charge in [0.2, 0.25) is 0 Å². The predicted octanol–water partition coefficient (Wildman–Crippen LogP) is 2.71. The molecule has 0 atom stereocenters. The highest BCUT2D eigenvalue weighted by Gasteiger charge is 2.11. The monoisotopic (exact) mass is 289 g/mol. The third kappa shape index (κ3) is 6.16. The summed E-state index contributed by atoms with van der Waals surface area (Å²) in [6, 6.07) is 9.58. The molecule has 1 fully saturated rings. The Balaban J connectivity index is 1.71. The Kier molecular flexibility index (Phi) is 6.68. The predicted molar refractivity (Wildman–Crippen MR) is 90.4 cm³/mol. The number of nitrogens with zero attached hydrogens (tertiary/aromatic N) is 2. The quantitative estimate of drug-likeness (QED) is 0.794. The Labute approximate surface area is 130 Å². The number of benzene rings is 1. The number of nitrogens with one attached hydrogen (secondary N) is 1. The molecule has 3 heteroatoms. The van der Waals surface area contributed by atoms with Gasteiger partial charge in [-0.25, -0.2) is 0 Å². The summed E-state index contributed by atoms with van der Waals surface area (Å²) < 4.78 is 0. The Hall–Kier alpha value is -0.900. The van der Waals surface area contributed by atoms with Crippen LogP contribution in [-0.2, 0) is 13.1 Å². The van der Waals surface area contributed by atoms with E-state index in [9.17, 15) is 0 Å². The molecule has 1 saturated heterocycles. The molecule has 0 aliphatic carbocycles. The molecule has 3 nitrogen and oxygen atoms in total. The molecule has 1 heterocycles. The molecule has 118 valence electrons. The highest BCUT2D eigenvalue weighted by atomic mass is 15.2. The van der Waals surface area contributed by atoms with Crippen LogP contribution >= 0.6 is 0 Å². The first kappa shape index (κ1) is 16.5. The molecule has 21 heavy (non-hydrogen) atoms. The van der Waals surface area contributed by atoms with Gasteiger partial charge in [-0.15, -0.1) is 0 Å².